The van der Waals surface area contributed by atoms with Gasteiger partial charge in [0.15, 0.2) is 0 Å². The molecule has 0 bridgehead atoms. The monoisotopic (exact) mass is 371 g/mol. The maximum atomic E-state index is 12.1. The van der Waals surface area contributed by atoms with Gasteiger partial charge in [0.1, 0.15) is 0 Å². The number of nitrogens with zero attached hydrogens (tertiary/aromatic N) is 1. The van der Waals surface area contributed by atoms with Crippen LogP contribution in [0.4, 0.5) is 0 Å². The Kier molecular flexibility index (Phi) is 6.26. The third kappa shape index (κ3) is 5.31. The molecule has 5 nitrogen and oxygen atoms in total. The van der Waals surface area contributed by atoms with Crippen LogP contribution in [-0.4, -0.2) is 42.4 Å². The second-order valence-corrected chi connectivity index (χ2v) is 6.90. The van der Waals surface area contributed by atoms with E-state index in [0.29, 0.717) is 10.6 Å². The van der Waals surface area contributed by atoms with E-state index in [2.05, 4.69) is 27.7 Å². The minimum absolute atomic E-state index is 0.0411. The van der Waals surface area contributed by atoms with Crippen molar-refractivity contribution in [1.29, 1.82) is 0 Å². The number of rotatable bonds is 6. The Morgan fingerprint density at radius 2 is 1.92 bits per heavy atom. The number of hydrogen-bond acceptors (Lipinski definition) is 3. The summed E-state index contributed by atoms with van der Waals surface area (Å²) < 4.78 is 0. The molecule has 26 heavy (non-hydrogen) atoms. The molecule has 136 valence electrons. The molecule has 2 aromatic rings. The molecule has 0 aliphatic carbocycles. The maximum absolute atomic E-state index is 12.1. The van der Waals surface area contributed by atoms with E-state index in [9.17, 15) is 9.59 Å². The fraction of sp³-hybridized carbons (Fsp3) is 0.300. The van der Waals surface area contributed by atoms with Gasteiger partial charge in [-0.25, -0.2) is 0 Å². The Morgan fingerprint density at radius 3 is 2.69 bits per heavy atom. The molecule has 0 saturated carbocycles. The van der Waals surface area contributed by atoms with E-state index in [1.165, 1.54) is 5.56 Å². The Balaban J connectivity index is 1.40. The highest BCUT2D eigenvalue weighted by Gasteiger charge is 2.23. The van der Waals surface area contributed by atoms with Crippen LogP contribution in [0.25, 0.3) is 0 Å². The van der Waals surface area contributed by atoms with Gasteiger partial charge >= 0.3 is 0 Å². The second-order valence-electron chi connectivity index (χ2n) is 6.47. The Labute approximate surface area is 158 Å². The predicted molar refractivity (Wildman–Crippen MR) is 102 cm³/mol. The highest BCUT2D eigenvalue weighted by Crippen LogP contribution is 2.13. The highest BCUT2D eigenvalue weighted by molar-refractivity contribution is 6.30. The van der Waals surface area contributed by atoms with Gasteiger partial charge in [-0.05, 0) is 30.2 Å². The van der Waals surface area contributed by atoms with Gasteiger partial charge in [0.2, 0.25) is 5.91 Å². The van der Waals surface area contributed by atoms with E-state index in [-0.39, 0.29) is 24.4 Å². The topological polar surface area (TPSA) is 61.4 Å². The maximum Gasteiger partial charge on any atom is 0.251 e. The molecule has 2 N–H and O–H groups in total. The smallest absolute Gasteiger partial charge is 0.251 e. The molecule has 2 aromatic carbocycles. The molecule has 0 aromatic heterocycles. The molecule has 2 amide bonds. The summed E-state index contributed by atoms with van der Waals surface area (Å²) in [7, 11) is 0. The summed E-state index contributed by atoms with van der Waals surface area (Å²) in [5.74, 6) is -0.480. The fourth-order valence-corrected chi connectivity index (χ4v) is 3.30. The number of carbonyl (C=O) groups is 2. The summed E-state index contributed by atoms with van der Waals surface area (Å²) in [6, 6.07) is 17.1. The normalized spacial score (nSPS) is 17.0. The molecule has 1 atom stereocenters. The lowest BCUT2D eigenvalue weighted by Crippen LogP contribution is -2.43. The van der Waals surface area contributed by atoms with Gasteiger partial charge in [0.25, 0.3) is 5.91 Å². The van der Waals surface area contributed by atoms with Gasteiger partial charge in [0, 0.05) is 36.3 Å². The standard InChI is InChI=1S/C20H22ClN3O2/c21-17-8-4-7-16(11-17)20(26)22-12-19(25)23-18-9-10-24(14-18)13-15-5-2-1-3-6-15/h1-8,11,18H,9-10,12-14H2,(H,22,26)(H,23,25)/t18-/m1/s1. The number of nitrogens with one attached hydrogen (secondary N) is 2. The van der Waals surface area contributed by atoms with Crippen LogP contribution in [0.1, 0.15) is 22.3 Å². The van der Waals surface area contributed by atoms with E-state index < -0.39 is 0 Å². The Hall–Kier alpha value is -2.37. The van der Waals surface area contributed by atoms with Crippen molar-refractivity contribution in [2.24, 2.45) is 0 Å². The number of halogens is 1. The summed E-state index contributed by atoms with van der Waals surface area (Å²) in [5.41, 5.74) is 1.72. The van der Waals surface area contributed by atoms with E-state index >= 15 is 0 Å². The largest absolute Gasteiger partial charge is 0.350 e. The van der Waals surface area contributed by atoms with Crippen LogP contribution in [0.5, 0.6) is 0 Å². The van der Waals surface area contributed by atoms with E-state index in [1.54, 1.807) is 24.3 Å². The first kappa shape index (κ1) is 18.4. The molecular weight excluding hydrogens is 350 g/mol. The van der Waals surface area contributed by atoms with Crippen molar-refractivity contribution in [3.8, 4) is 0 Å². The minimum Gasteiger partial charge on any atom is -0.350 e. The van der Waals surface area contributed by atoms with Gasteiger partial charge in [-0.15, -0.1) is 0 Å². The molecule has 1 saturated heterocycles. The van der Waals surface area contributed by atoms with Gasteiger partial charge in [-0.2, -0.15) is 0 Å². The summed E-state index contributed by atoms with van der Waals surface area (Å²) >= 11 is 5.87. The van der Waals surface area contributed by atoms with Crippen molar-refractivity contribution in [3.63, 3.8) is 0 Å². The number of benzene rings is 2. The van der Waals surface area contributed by atoms with Crippen LogP contribution >= 0.6 is 11.6 Å². The average Bonchev–Trinajstić information content (AvgIpc) is 3.07. The first-order valence-electron chi connectivity index (χ1n) is 8.69. The quantitative estimate of drug-likeness (QED) is 0.820. The molecule has 1 heterocycles. The Morgan fingerprint density at radius 1 is 1.12 bits per heavy atom. The lowest BCUT2D eigenvalue weighted by atomic mass is 10.2. The zero-order chi connectivity index (χ0) is 18.4. The second kappa shape index (κ2) is 8.83. The SMILES string of the molecule is O=C(CNC(=O)c1cccc(Cl)c1)N[C@@H]1CCN(Cc2ccccc2)C1. The molecule has 6 heteroatoms. The van der Waals surface area contributed by atoms with Crippen molar-refractivity contribution in [2.75, 3.05) is 19.6 Å². The fourth-order valence-electron chi connectivity index (χ4n) is 3.11. The zero-order valence-electron chi connectivity index (χ0n) is 14.5. The molecule has 0 unspecified atom stereocenters. The molecule has 0 radical (unpaired) electrons. The average molecular weight is 372 g/mol. The summed E-state index contributed by atoms with van der Waals surface area (Å²) in [6.45, 7) is 2.62. The Bertz CT molecular complexity index is 767. The summed E-state index contributed by atoms with van der Waals surface area (Å²) in [4.78, 5) is 26.5. The van der Waals surface area contributed by atoms with Gasteiger partial charge < -0.3 is 10.6 Å². The van der Waals surface area contributed by atoms with Crippen LogP contribution in [-0.2, 0) is 11.3 Å². The molecule has 1 aliphatic rings. The third-order valence-corrected chi connectivity index (χ3v) is 4.62. The molecular formula is C20H22ClN3O2. The number of carbonyl (C=O) groups excluding carboxylic acids is 2. The van der Waals surface area contributed by atoms with Crippen LogP contribution in [0.15, 0.2) is 54.6 Å². The van der Waals surface area contributed by atoms with Crippen LogP contribution in [0.3, 0.4) is 0 Å². The van der Waals surface area contributed by atoms with E-state index in [4.69, 9.17) is 11.6 Å². The highest BCUT2D eigenvalue weighted by atomic mass is 35.5. The van der Waals surface area contributed by atoms with Gasteiger partial charge in [-0.3, -0.25) is 14.5 Å². The first-order chi connectivity index (χ1) is 12.6. The number of hydrogen-bond donors (Lipinski definition) is 2. The predicted octanol–water partition coefficient (Wildman–Crippen LogP) is 2.46. The van der Waals surface area contributed by atoms with Crippen molar-refractivity contribution < 1.29 is 9.59 Å². The molecule has 1 aliphatic heterocycles. The van der Waals surface area contributed by atoms with Gasteiger partial charge in [0.05, 0.1) is 6.54 Å². The van der Waals surface area contributed by atoms with Crippen molar-refractivity contribution in [3.05, 3.63) is 70.7 Å². The van der Waals surface area contributed by atoms with Crippen LogP contribution in [0.2, 0.25) is 5.02 Å². The van der Waals surface area contributed by atoms with Crippen LogP contribution in [0, 0.1) is 0 Å². The van der Waals surface area contributed by atoms with E-state index in [0.717, 1.165) is 26.1 Å². The minimum atomic E-state index is -0.306. The van der Waals surface area contributed by atoms with E-state index in [1.807, 2.05) is 18.2 Å². The summed E-state index contributed by atoms with van der Waals surface area (Å²) in [6.07, 6.45) is 0.917. The zero-order valence-corrected chi connectivity index (χ0v) is 15.2. The molecule has 3 rings (SSSR count). The lowest BCUT2D eigenvalue weighted by molar-refractivity contribution is -0.120. The van der Waals surface area contributed by atoms with Crippen LogP contribution < -0.4 is 10.6 Å². The number of amides is 2. The number of likely N-dealkylation sites (tertiary alicyclic amines) is 1. The van der Waals surface area contributed by atoms with Crippen molar-refractivity contribution in [2.45, 2.75) is 19.0 Å². The lowest BCUT2D eigenvalue weighted by Gasteiger charge is -2.17. The van der Waals surface area contributed by atoms with Crippen molar-refractivity contribution in [1.82, 2.24) is 15.5 Å². The van der Waals surface area contributed by atoms with Gasteiger partial charge in [-0.1, -0.05) is 48.0 Å². The molecule has 1 fully saturated rings. The first-order valence-corrected chi connectivity index (χ1v) is 9.07. The summed E-state index contributed by atoms with van der Waals surface area (Å²) in [5, 5.41) is 6.11. The van der Waals surface area contributed by atoms with Crippen molar-refractivity contribution >= 4 is 23.4 Å². The molecule has 0 spiro atoms. The third-order valence-electron chi connectivity index (χ3n) is 4.38.